The van der Waals surface area contributed by atoms with Gasteiger partial charge in [-0.2, -0.15) is 0 Å². The maximum absolute atomic E-state index is 13.6. The van der Waals surface area contributed by atoms with E-state index < -0.39 is 0 Å². The van der Waals surface area contributed by atoms with Crippen molar-refractivity contribution in [3.05, 3.63) is 24.0 Å². The van der Waals surface area contributed by atoms with Gasteiger partial charge in [0, 0.05) is 19.1 Å². The zero-order chi connectivity index (χ0) is 15.4. The SMILES string of the molecule is O=C(Nc1cc(F)ccc1N1CCCCC1)NC1CCCC1. The van der Waals surface area contributed by atoms with Crippen LogP contribution in [0.4, 0.5) is 20.6 Å². The number of benzene rings is 1. The molecular weight excluding hydrogens is 281 g/mol. The van der Waals surface area contributed by atoms with Crippen LogP contribution in [0.5, 0.6) is 0 Å². The van der Waals surface area contributed by atoms with Gasteiger partial charge in [0.25, 0.3) is 0 Å². The number of nitrogens with one attached hydrogen (secondary N) is 2. The number of anilines is 2. The zero-order valence-electron chi connectivity index (χ0n) is 12.9. The molecule has 1 saturated carbocycles. The van der Waals surface area contributed by atoms with Crippen LogP contribution in [0.2, 0.25) is 0 Å². The maximum Gasteiger partial charge on any atom is 0.319 e. The van der Waals surface area contributed by atoms with E-state index in [0.29, 0.717) is 5.69 Å². The monoisotopic (exact) mass is 305 g/mol. The smallest absolute Gasteiger partial charge is 0.319 e. The van der Waals surface area contributed by atoms with Crippen molar-refractivity contribution >= 4 is 17.4 Å². The summed E-state index contributed by atoms with van der Waals surface area (Å²) < 4.78 is 13.6. The van der Waals surface area contributed by atoms with Crippen molar-refractivity contribution < 1.29 is 9.18 Å². The van der Waals surface area contributed by atoms with Crippen LogP contribution < -0.4 is 15.5 Å². The van der Waals surface area contributed by atoms with E-state index in [1.165, 1.54) is 31.4 Å². The summed E-state index contributed by atoms with van der Waals surface area (Å²) in [6.45, 7) is 1.93. The van der Waals surface area contributed by atoms with Gasteiger partial charge in [-0.25, -0.2) is 9.18 Å². The number of rotatable bonds is 3. The Labute approximate surface area is 131 Å². The Balaban J connectivity index is 1.70. The summed E-state index contributed by atoms with van der Waals surface area (Å²) in [6.07, 6.45) is 7.94. The molecule has 0 radical (unpaired) electrons. The fourth-order valence-electron chi connectivity index (χ4n) is 3.43. The minimum absolute atomic E-state index is 0.226. The van der Waals surface area contributed by atoms with Crippen molar-refractivity contribution in [2.24, 2.45) is 0 Å². The molecule has 5 heteroatoms. The molecule has 2 aliphatic rings. The maximum atomic E-state index is 13.6. The van der Waals surface area contributed by atoms with Gasteiger partial charge in [0.2, 0.25) is 0 Å². The number of hydrogen-bond donors (Lipinski definition) is 2. The highest BCUT2D eigenvalue weighted by Gasteiger charge is 2.19. The molecule has 1 aliphatic carbocycles. The molecule has 0 unspecified atom stereocenters. The number of halogens is 1. The van der Waals surface area contributed by atoms with E-state index in [0.717, 1.165) is 44.5 Å². The van der Waals surface area contributed by atoms with Crippen LogP contribution in [0, 0.1) is 5.82 Å². The summed E-state index contributed by atoms with van der Waals surface area (Å²) in [4.78, 5) is 14.4. The third kappa shape index (κ3) is 3.70. The fourth-order valence-corrected chi connectivity index (χ4v) is 3.43. The Morgan fingerprint density at radius 2 is 1.82 bits per heavy atom. The molecule has 2 N–H and O–H groups in total. The average molecular weight is 305 g/mol. The van der Waals surface area contributed by atoms with Gasteiger partial charge < -0.3 is 15.5 Å². The van der Waals surface area contributed by atoms with E-state index in [4.69, 9.17) is 0 Å². The molecule has 0 bridgehead atoms. The van der Waals surface area contributed by atoms with Crippen molar-refractivity contribution in [2.45, 2.75) is 51.0 Å². The molecule has 1 aromatic carbocycles. The number of carbonyl (C=O) groups is 1. The highest BCUT2D eigenvalue weighted by Crippen LogP contribution is 2.29. The lowest BCUT2D eigenvalue weighted by Gasteiger charge is -2.30. The van der Waals surface area contributed by atoms with Gasteiger partial charge in [-0.15, -0.1) is 0 Å². The lowest BCUT2D eigenvalue weighted by atomic mass is 10.1. The summed E-state index contributed by atoms with van der Waals surface area (Å²) in [5, 5.41) is 5.83. The topological polar surface area (TPSA) is 44.4 Å². The molecule has 1 saturated heterocycles. The summed E-state index contributed by atoms with van der Waals surface area (Å²) in [6, 6.07) is 4.68. The van der Waals surface area contributed by atoms with Gasteiger partial charge in [-0.05, 0) is 50.3 Å². The van der Waals surface area contributed by atoms with Crippen molar-refractivity contribution in [1.29, 1.82) is 0 Å². The second-order valence-corrected chi connectivity index (χ2v) is 6.29. The summed E-state index contributed by atoms with van der Waals surface area (Å²) in [5.41, 5.74) is 1.49. The highest BCUT2D eigenvalue weighted by molar-refractivity contribution is 5.93. The van der Waals surface area contributed by atoms with Crippen molar-refractivity contribution in [3.8, 4) is 0 Å². The Morgan fingerprint density at radius 1 is 1.09 bits per heavy atom. The lowest BCUT2D eigenvalue weighted by molar-refractivity contribution is 0.248. The van der Waals surface area contributed by atoms with E-state index in [9.17, 15) is 9.18 Å². The molecule has 1 aliphatic heterocycles. The van der Waals surface area contributed by atoms with Crippen LogP contribution in [-0.4, -0.2) is 25.2 Å². The number of amides is 2. The molecule has 0 spiro atoms. The van der Waals surface area contributed by atoms with Gasteiger partial charge in [-0.1, -0.05) is 12.8 Å². The summed E-state index contributed by atoms with van der Waals surface area (Å²) in [7, 11) is 0. The van der Waals surface area contributed by atoms with Crippen LogP contribution in [-0.2, 0) is 0 Å². The molecule has 1 aromatic rings. The van der Waals surface area contributed by atoms with Crippen LogP contribution in [0.15, 0.2) is 18.2 Å². The molecule has 0 atom stereocenters. The number of piperidine rings is 1. The summed E-state index contributed by atoms with van der Waals surface area (Å²) in [5.74, 6) is -0.322. The van der Waals surface area contributed by atoms with Gasteiger partial charge in [0.15, 0.2) is 0 Å². The predicted octanol–water partition coefficient (Wildman–Crippen LogP) is 3.88. The first-order valence-electron chi connectivity index (χ1n) is 8.34. The minimum Gasteiger partial charge on any atom is -0.370 e. The molecule has 4 nitrogen and oxygen atoms in total. The number of nitrogens with zero attached hydrogens (tertiary/aromatic N) is 1. The molecule has 2 amide bonds. The van der Waals surface area contributed by atoms with E-state index in [2.05, 4.69) is 15.5 Å². The standard InChI is InChI=1S/C17H24FN3O/c18-13-8-9-16(21-10-4-1-5-11-21)15(12-13)20-17(22)19-14-6-2-3-7-14/h8-9,12,14H,1-7,10-11H2,(H2,19,20,22). The Hall–Kier alpha value is -1.78. The average Bonchev–Trinajstić information content (AvgIpc) is 3.01. The molecule has 120 valence electrons. The van der Waals surface area contributed by atoms with Gasteiger partial charge in [0.1, 0.15) is 5.82 Å². The summed E-state index contributed by atoms with van der Waals surface area (Å²) >= 11 is 0. The predicted molar refractivity (Wildman–Crippen MR) is 86.9 cm³/mol. The lowest BCUT2D eigenvalue weighted by Crippen LogP contribution is -2.37. The van der Waals surface area contributed by atoms with Crippen LogP contribution >= 0.6 is 0 Å². The van der Waals surface area contributed by atoms with Crippen LogP contribution in [0.1, 0.15) is 44.9 Å². The van der Waals surface area contributed by atoms with Gasteiger partial charge in [0.05, 0.1) is 11.4 Å². The van der Waals surface area contributed by atoms with E-state index in [1.807, 2.05) is 0 Å². The quantitative estimate of drug-likeness (QED) is 0.890. The Kier molecular flexibility index (Phi) is 4.80. The molecule has 22 heavy (non-hydrogen) atoms. The minimum atomic E-state index is -0.322. The fraction of sp³-hybridized carbons (Fsp3) is 0.588. The Bertz CT molecular complexity index is 523. The third-order valence-electron chi connectivity index (χ3n) is 4.59. The molecule has 0 aromatic heterocycles. The van der Waals surface area contributed by atoms with Crippen molar-refractivity contribution in [3.63, 3.8) is 0 Å². The first-order valence-corrected chi connectivity index (χ1v) is 8.34. The van der Waals surface area contributed by atoms with Gasteiger partial charge in [-0.3, -0.25) is 0 Å². The second-order valence-electron chi connectivity index (χ2n) is 6.29. The van der Waals surface area contributed by atoms with Crippen molar-refractivity contribution in [1.82, 2.24) is 5.32 Å². The third-order valence-corrected chi connectivity index (χ3v) is 4.59. The zero-order valence-corrected chi connectivity index (χ0v) is 12.9. The molecule has 1 heterocycles. The number of carbonyl (C=O) groups excluding carboxylic acids is 1. The first-order chi connectivity index (χ1) is 10.7. The van der Waals surface area contributed by atoms with Crippen LogP contribution in [0.25, 0.3) is 0 Å². The van der Waals surface area contributed by atoms with Crippen molar-refractivity contribution in [2.75, 3.05) is 23.3 Å². The molecular formula is C17H24FN3O. The first kappa shape index (κ1) is 15.1. The molecule has 2 fully saturated rings. The van der Waals surface area contributed by atoms with Crippen LogP contribution in [0.3, 0.4) is 0 Å². The Morgan fingerprint density at radius 3 is 2.55 bits per heavy atom. The normalized spacial score (nSPS) is 19.2. The van der Waals surface area contributed by atoms with E-state index in [1.54, 1.807) is 6.07 Å². The van der Waals surface area contributed by atoms with Gasteiger partial charge >= 0.3 is 6.03 Å². The highest BCUT2D eigenvalue weighted by atomic mass is 19.1. The second kappa shape index (κ2) is 6.99. The van der Waals surface area contributed by atoms with E-state index in [-0.39, 0.29) is 17.9 Å². The molecule has 3 rings (SSSR count). The number of hydrogen-bond acceptors (Lipinski definition) is 2. The van der Waals surface area contributed by atoms with E-state index >= 15 is 0 Å². The number of urea groups is 1. The largest absolute Gasteiger partial charge is 0.370 e.